The molecule has 0 N–H and O–H groups in total. The molecule has 2 aliphatic carbocycles. The van der Waals surface area contributed by atoms with Crippen molar-refractivity contribution in [3.05, 3.63) is 34.9 Å². The maximum absolute atomic E-state index is 8.17. The summed E-state index contributed by atoms with van der Waals surface area (Å²) >= 11 is 0. The molecule has 1 aromatic rings. The van der Waals surface area contributed by atoms with Crippen molar-refractivity contribution in [2.24, 2.45) is 5.92 Å². The number of fused-ring (bicyclic) bond motifs is 1. The van der Waals surface area contributed by atoms with E-state index in [1.165, 1.54) is 30.4 Å². The number of nitrogens with zero attached hydrogens (tertiary/aromatic N) is 1. The number of hydrogen-bond donors (Lipinski definition) is 0. The molecular weight excluding hydrogens is 242 g/mol. The van der Waals surface area contributed by atoms with Crippen LogP contribution in [0.25, 0.3) is 0 Å². The van der Waals surface area contributed by atoms with Crippen molar-refractivity contribution >= 4 is 0 Å². The van der Waals surface area contributed by atoms with Gasteiger partial charge >= 0.3 is 0 Å². The van der Waals surface area contributed by atoms with Gasteiger partial charge in [0.2, 0.25) is 0 Å². The number of hydrogen-bond acceptors (Lipinski definition) is 1. The van der Waals surface area contributed by atoms with Crippen LogP contribution in [0.1, 0.15) is 62.5 Å². The highest BCUT2D eigenvalue weighted by Crippen LogP contribution is 2.55. The van der Waals surface area contributed by atoms with E-state index in [1.807, 2.05) is 12.1 Å². The predicted octanol–water partition coefficient (Wildman–Crippen LogP) is 3.94. The molecule has 1 aliphatic heterocycles. The highest BCUT2D eigenvalue weighted by Gasteiger charge is 2.52. The van der Waals surface area contributed by atoms with Gasteiger partial charge in [0.1, 0.15) is 0 Å². The number of likely N-dealkylation sites (N-methyl/N-ethyl adjacent to an activating group) is 1. The summed E-state index contributed by atoms with van der Waals surface area (Å²) in [6.45, 7) is -1.56. The Hall–Kier alpha value is -0.820. The van der Waals surface area contributed by atoms with Crippen molar-refractivity contribution in [2.45, 2.75) is 63.2 Å². The standard InChI is InChI=1S/C19H27N/c1-3-14-7-8-15-13-18-16-6-4-5-9-19(16,17(15)12-14)10-11-20(18)2/h7-8,12,16,18H,3-6,9-11,13H2,1-2H3/t16-,18?,19-/m0/s1/i1D3,3D2. The fraction of sp³-hybridized carbons (Fsp3) is 0.684. The van der Waals surface area contributed by atoms with E-state index in [1.54, 1.807) is 6.07 Å². The lowest BCUT2D eigenvalue weighted by Crippen LogP contribution is -2.59. The summed E-state index contributed by atoms with van der Waals surface area (Å²) in [5.74, 6) is 0.626. The Bertz CT molecular complexity index is 683. The molecule has 4 rings (SSSR count). The van der Waals surface area contributed by atoms with Crippen LogP contribution in [0.5, 0.6) is 0 Å². The van der Waals surface area contributed by atoms with Gasteiger partial charge < -0.3 is 4.90 Å². The van der Waals surface area contributed by atoms with Crippen LogP contribution < -0.4 is 0 Å². The Morgan fingerprint density at radius 2 is 2.35 bits per heavy atom. The van der Waals surface area contributed by atoms with Crippen LogP contribution in [0.2, 0.25) is 0 Å². The van der Waals surface area contributed by atoms with Crippen molar-refractivity contribution in [3.63, 3.8) is 0 Å². The topological polar surface area (TPSA) is 3.24 Å². The van der Waals surface area contributed by atoms with Gasteiger partial charge in [-0.25, -0.2) is 0 Å². The molecule has 0 amide bonds. The van der Waals surface area contributed by atoms with Gasteiger partial charge in [0.15, 0.2) is 0 Å². The monoisotopic (exact) mass is 274 g/mol. The van der Waals surface area contributed by atoms with E-state index in [0.717, 1.165) is 25.8 Å². The largest absolute Gasteiger partial charge is 0.303 e. The lowest BCUT2D eigenvalue weighted by Gasteiger charge is -2.58. The molecule has 1 saturated carbocycles. The molecule has 0 spiro atoms. The van der Waals surface area contributed by atoms with E-state index in [2.05, 4.69) is 11.9 Å². The maximum atomic E-state index is 8.17. The van der Waals surface area contributed by atoms with E-state index in [9.17, 15) is 0 Å². The molecule has 3 aliphatic rings. The molecule has 1 unspecified atom stereocenters. The molecule has 3 atom stereocenters. The third-order valence-electron chi connectivity index (χ3n) is 6.26. The Kier molecular flexibility index (Phi) is 1.97. The number of benzene rings is 1. The summed E-state index contributed by atoms with van der Waals surface area (Å²) in [6, 6.07) is 6.21. The second-order valence-corrected chi connectivity index (χ2v) is 7.01. The summed E-state index contributed by atoms with van der Waals surface area (Å²) in [5, 5.41) is 0. The Morgan fingerprint density at radius 1 is 1.40 bits per heavy atom. The second-order valence-electron chi connectivity index (χ2n) is 7.01. The first kappa shape index (κ1) is 8.58. The van der Waals surface area contributed by atoms with Crippen LogP contribution in [0.15, 0.2) is 18.2 Å². The van der Waals surface area contributed by atoms with Crippen LogP contribution >= 0.6 is 0 Å². The van der Waals surface area contributed by atoms with Crippen LogP contribution in [-0.4, -0.2) is 24.5 Å². The smallest absolute Gasteiger partial charge is 0.0313 e. The zero-order valence-corrected chi connectivity index (χ0v) is 12.3. The molecule has 1 heterocycles. The predicted molar refractivity (Wildman–Crippen MR) is 84.2 cm³/mol. The molecule has 1 heteroatoms. The van der Waals surface area contributed by atoms with Crippen molar-refractivity contribution in [2.75, 3.05) is 13.6 Å². The van der Waals surface area contributed by atoms with Crippen LogP contribution in [0, 0.1) is 5.92 Å². The average molecular weight is 274 g/mol. The first-order valence-corrected chi connectivity index (χ1v) is 8.01. The molecule has 0 aromatic heterocycles. The van der Waals surface area contributed by atoms with Gasteiger partial charge in [-0.1, -0.05) is 37.9 Å². The van der Waals surface area contributed by atoms with Crippen LogP contribution in [0.4, 0.5) is 0 Å². The number of likely N-dealkylation sites (tertiary alicyclic amines) is 1. The van der Waals surface area contributed by atoms with Crippen molar-refractivity contribution < 1.29 is 6.85 Å². The summed E-state index contributed by atoms with van der Waals surface area (Å²) in [4.78, 5) is 2.51. The average Bonchev–Trinajstić information content (AvgIpc) is 2.56. The molecule has 2 bridgehead atoms. The van der Waals surface area contributed by atoms with Gasteiger partial charge in [-0.2, -0.15) is 0 Å². The maximum Gasteiger partial charge on any atom is 0.0313 e. The van der Waals surface area contributed by atoms with Crippen LogP contribution in [-0.2, 0) is 18.2 Å². The summed E-state index contributed by atoms with van der Waals surface area (Å²) in [5.41, 5.74) is 3.01. The Morgan fingerprint density at radius 3 is 3.25 bits per heavy atom. The van der Waals surface area contributed by atoms with Crippen molar-refractivity contribution in [3.8, 4) is 0 Å². The zero-order chi connectivity index (χ0) is 18.0. The fourth-order valence-electron chi connectivity index (χ4n) is 5.27. The first-order chi connectivity index (χ1) is 11.7. The third-order valence-corrected chi connectivity index (χ3v) is 6.26. The quantitative estimate of drug-likeness (QED) is 0.750. The Balaban J connectivity index is 1.85. The van der Waals surface area contributed by atoms with Gasteiger partial charge in [-0.3, -0.25) is 0 Å². The van der Waals surface area contributed by atoms with Gasteiger partial charge in [-0.05, 0) is 68.3 Å². The minimum atomic E-state index is -2.64. The fourth-order valence-corrected chi connectivity index (χ4v) is 5.27. The van der Waals surface area contributed by atoms with Gasteiger partial charge in [-0.15, -0.1) is 0 Å². The summed E-state index contributed by atoms with van der Waals surface area (Å²) in [7, 11) is 2.23. The molecule has 0 radical (unpaired) electrons. The molecule has 20 heavy (non-hydrogen) atoms. The van der Waals surface area contributed by atoms with Crippen molar-refractivity contribution in [1.29, 1.82) is 0 Å². The lowest BCUT2D eigenvalue weighted by molar-refractivity contribution is 0.00282. The molecule has 1 saturated heterocycles. The highest BCUT2D eigenvalue weighted by molar-refractivity contribution is 5.43. The minimum absolute atomic E-state index is 0.129. The highest BCUT2D eigenvalue weighted by atomic mass is 15.1. The Labute approximate surface area is 130 Å². The first-order valence-electron chi connectivity index (χ1n) is 10.5. The van der Waals surface area contributed by atoms with Crippen LogP contribution in [0.3, 0.4) is 0 Å². The van der Waals surface area contributed by atoms with E-state index in [-0.39, 0.29) is 5.41 Å². The van der Waals surface area contributed by atoms with Gasteiger partial charge in [0.05, 0.1) is 0 Å². The number of rotatable bonds is 1. The minimum Gasteiger partial charge on any atom is -0.303 e. The molecule has 1 aromatic carbocycles. The number of piperidine rings is 1. The SMILES string of the molecule is [2H]C([2H])([2H])C([2H])([2H])c1ccc2c(c1)[C@]13CCCC[C@H]1C(C2)N(C)CC3. The second kappa shape index (κ2) is 4.59. The normalized spacial score (nSPS) is 41.4. The molecule has 108 valence electrons. The summed E-state index contributed by atoms with van der Waals surface area (Å²) in [6.07, 6.45) is 4.73. The van der Waals surface area contributed by atoms with Gasteiger partial charge in [0.25, 0.3) is 0 Å². The van der Waals surface area contributed by atoms with E-state index in [4.69, 9.17) is 6.85 Å². The third kappa shape index (κ3) is 1.65. The lowest BCUT2D eigenvalue weighted by atomic mass is 9.52. The molecular formula is C19H27N. The van der Waals surface area contributed by atoms with E-state index in [0.29, 0.717) is 17.5 Å². The van der Waals surface area contributed by atoms with Crippen molar-refractivity contribution in [1.82, 2.24) is 4.90 Å². The molecule has 2 fully saturated rings. The van der Waals surface area contributed by atoms with E-state index < -0.39 is 13.2 Å². The molecule has 1 nitrogen and oxygen atoms in total. The number of aryl methyl sites for hydroxylation is 1. The van der Waals surface area contributed by atoms with E-state index >= 15 is 0 Å². The van der Waals surface area contributed by atoms with Gasteiger partial charge in [0, 0.05) is 18.3 Å². The summed E-state index contributed by atoms with van der Waals surface area (Å²) < 4.78 is 39.2. The zero-order valence-electron chi connectivity index (χ0n) is 17.3.